The van der Waals surface area contributed by atoms with Gasteiger partial charge in [-0.3, -0.25) is 14.5 Å². The molecule has 8 rings (SSSR count). The zero-order valence-electron chi connectivity index (χ0n) is 30.1. The monoisotopic (exact) mass is 709 g/mol. The zero-order chi connectivity index (χ0) is 35.7. The molecule has 0 radical (unpaired) electrons. The predicted molar refractivity (Wildman–Crippen MR) is 198 cm³/mol. The van der Waals surface area contributed by atoms with Crippen molar-refractivity contribution >= 4 is 38.8 Å². The number of quaternary nitrogens is 1. The fraction of sp³-hybridized carbons (Fsp3) is 0.463. The molecule has 3 aromatic rings. The van der Waals surface area contributed by atoms with Crippen LogP contribution >= 0.6 is 0 Å². The van der Waals surface area contributed by atoms with Gasteiger partial charge in [0.15, 0.2) is 0 Å². The molecule has 3 aromatic carbocycles. The molecule has 2 amide bonds. The number of likely N-dealkylation sites (N-methyl/N-ethyl adjacent to an activating group) is 1. The molecule has 1 saturated heterocycles. The Morgan fingerprint density at radius 3 is 2.43 bits per heavy atom. The third kappa shape index (κ3) is 5.79. The highest BCUT2D eigenvalue weighted by Crippen LogP contribution is 2.64. The van der Waals surface area contributed by atoms with E-state index in [1.807, 2.05) is 36.4 Å². The molecule has 0 aromatic heterocycles. The minimum atomic E-state index is -3.81. The highest BCUT2D eigenvalue weighted by molar-refractivity contribution is 7.90. The van der Waals surface area contributed by atoms with Crippen molar-refractivity contribution in [1.29, 1.82) is 0 Å². The maximum absolute atomic E-state index is 15.3. The van der Waals surface area contributed by atoms with E-state index in [-0.39, 0.29) is 17.9 Å². The number of benzene rings is 3. The van der Waals surface area contributed by atoms with Crippen LogP contribution in [0.3, 0.4) is 0 Å². The van der Waals surface area contributed by atoms with Crippen LogP contribution in [0.5, 0.6) is 5.75 Å². The Kier molecular flexibility index (Phi) is 8.63. The average molecular weight is 710 g/mol. The Morgan fingerprint density at radius 1 is 0.961 bits per heavy atom. The fourth-order valence-corrected chi connectivity index (χ4v) is 9.95. The Bertz CT molecular complexity index is 2020. The largest absolute Gasteiger partial charge is 0.497 e. The van der Waals surface area contributed by atoms with Crippen molar-refractivity contribution in [2.24, 2.45) is 11.3 Å². The second kappa shape index (κ2) is 12.9. The van der Waals surface area contributed by atoms with Crippen molar-refractivity contribution in [2.45, 2.75) is 69.6 Å². The maximum atomic E-state index is 15.3. The number of carbonyl (C=O) groups excluding carboxylic acids is 2. The lowest BCUT2D eigenvalue weighted by Crippen LogP contribution is -3.05. The van der Waals surface area contributed by atoms with Crippen LogP contribution in [-0.2, 0) is 14.8 Å². The first-order valence-corrected chi connectivity index (χ1v) is 20.1. The van der Waals surface area contributed by atoms with Crippen molar-refractivity contribution in [1.82, 2.24) is 14.5 Å². The number of hydrogen-bond donors (Lipinski definition) is 2. The minimum Gasteiger partial charge on any atom is -0.497 e. The predicted octanol–water partition coefficient (Wildman–Crippen LogP) is 5.14. The fourth-order valence-electron chi connectivity index (χ4n) is 9.34. The van der Waals surface area contributed by atoms with Gasteiger partial charge in [-0.05, 0) is 87.5 Å². The van der Waals surface area contributed by atoms with Gasteiger partial charge in [-0.15, -0.1) is 0 Å². The highest BCUT2D eigenvalue weighted by Gasteiger charge is 2.68. The lowest BCUT2D eigenvalue weighted by molar-refractivity contribution is -0.754. The van der Waals surface area contributed by atoms with Crippen molar-refractivity contribution in [3.63, 3.8) is 0 Å². The van der Waals surface area contributed by atoms with Gasteiger partial charge in [0.25, 0.3) is 5.91 Å². The van der Waals surface area contributed by atoms with Crippen LogP contribution in [0.2, 0.25) is 0 Å². The van der Waals surface area contributed by atoms with Crippen LogP contribution in [0.25, 0.3) is 11.3 Å². The van der Waals surface area contributed by atoms with E-state index in [0.29, 0.717) is 24.6 Å². The molecule has 4 atom stereocenters. The Hall–Kier alpha value is -3.99. The Labute approximate surface area is 301 Å². The Morgan fingerprint density at radius 2 is 1.71 bits per heavy atom. The van der Waals surface area contributed by atoms with Gasteiger partial charge >= 0.3 is 0 Å². The van der Waals surface area contributed by atoms with Crippen LogP contribution in [0.15, 0.2) is 66.7 Å². The summed E-state index contributed by atoms with van der Waals surface area (Å²) in [6.07, 6.45) is 6.51. The molecule has 51 heavy (non-hydrogen) atoms. The summed E-state index contributed by atoms with van der Waals surface area (Å²) in [7, 11) is 0.00576. The van der Waals surface area contributed by atoms with Gasteiger partial charge < -0.3 is 14.5 Å². The topological polar surface area (TPSA) is 100 Å². The van der Waals surface area contributed by atoms with E-state index in [1.165, 1.54) is 36.1 Å². The first-order chi connectivity index (χ1) is 24.5. The number of piperazine rings is 1. The molecule has 0 bridgehead atoms. The summed E-state index contributed by atoms with van der Waals surface area (Å²) in [4.78, 5) is 34.4. The van der Waals surface area contributed by atoms with E-state index in [1.54, 1.807) is 27.0 Å². The number of rotatable bonds is 7. The number of amides is 2. The smallest absolute Gasteiger partial charge is 0.264 e. The summed E-state index contributed by atoms with van der Waals surface area (Å²) in [5.74, 6) is 0.754. The maximum Gasteiger partial charge on any atom is 0.264 e. The molecule has 268 valence electrons. The van der Waals surface area contributed by atoms with E-state index >= 15 is 4.79 Å². The number of ether oxygens (including phenoxy) is 1. The molecule has 3 fully saturated rings. The minimum absolute atomic E-state index is 0.0375. The van der Waals surface area contributed by atoms with Crippen LogP contribution < -0.4 is 14.4 Å². The Balaban J connectivity index is 1.27. The van der Waals surface area contributed by atoms with Crippen molar-refractivity contribution in [3.05, 3.63) is 94.5 Å². The van der Waals surface area contributed by atoms with E-state index in [2.05, 4.69) is 45.8 Å². The molecule has 0 spiro atoms. The molecule has 3 heterocycles. The van der Waals surface area contributed by atoms with Crippen LogP contribution in [0.4, 0.5) is 5.69 Å². The highest BCUT2D eigenvalue weighted by atomic mass is 32.2. The molecule has 9 nitrogen and oxygen atoms in total. The van der Waals surface area contributed by atoms with E-state index < -0.39 is 26.6 Å². The zero-order valence-corrected chi connectivity index (χ0v) is 30.9. The standard InChI is InChI=1S/C41H48N4O5S/c1-26(2)51(48,49)42-39(46)29-15-17-32-35(21-29)45-25-41(40(47)44-20-19-43(3)24-36(44)27-11-7-5-8-12-27)23-34(41)33-22-30(50-4)16-18-31(33)38(45)37(32)28-13-9-6-10-14-28/h5,7-8,11-12,15-18,21-22,26,28,34,36H,6,9-10,13-14,19-20,23-25H2,1-4H3,(H,42,46)/p+1. The van der Waals surface area contributed by atoms with Crippen molar-refractivity contribution in [3.8, 4) is 5.75 Å². The molecule has 2 aliphatic carbocycles. The number of sulfonamides is 1. The average Bonchev–Trinajstić information content (AvgIpc) is 3.81. The third-order valence-corrected chi connectivity index (χ3v) is 14.0. The lowest BCUT2D eigenvalue weighted by Gasteiger charge is -2.42. The lowest BCUT2D eigenvalue weighted by atomic mass is 9.79. The van der Waals surface area contributed by atoms with Gasteiger partial charge in [0.1, 0.15) is 29.1 Å². The second-order valence-corrected chi connectivity index (χ2v) is 17.9. The van der Waals surface area contributed by atoms with Gasteiger partial charge in [0.2, 0.25) is 15.9 Å². The molecule has 3 aliphatic heterocycles. The summed E-state index contributed by atoms with van der Waals surface area (Å²) in [5.41, 5.74) is 7.74. The summed E-state index contributed by atoms with van der Waals surface area (Å²) in [5, 5.41) is -0.737. The number of methoxy groups -OCH3 is 1. The van der Waals surface area contributed by atoms with Crippen LogP contribution in [-0.4, -0.2) is 75.6 Å². The summed E-state index contributed by atoms with van der Waals surface area (Å²) in [6, 6.07) is 22.4. The first kappa shape index (κ1) is 34.1. The molecule has 10 heteroatoms. The second-order valence-electron chi connectivity index (χ2n) is 15.6. The van der Waals surface area contributed by atoms with Gasteiger partial charge in [-0.1, -0.05) is 49.6 Å². The van der Waals surface area contributed by atoms with Crippen LogP contribution in [0, 0.1) is 11.3 Å². The summed E-state index contributed by atoms with van der Waals surface area (Å²) in [6.45, 7) is 5.93. The molecule has 2 saturated carbocycles. The van der Waals surface area contributed by atoms with Crippen molar-refractivity contribution in [2.75, 3.05) is 40.3 Å². The van der Waals surface area contributed by atoms with Crippen LogP contribution in [0.1, 0.15) is 96.9 Å². The summed E-state index contributed by atoms with van der Waals surface area (Å²) >= 11 is 0. The number of carbonyl (C=O) groups is 2. The first-order valence-electron chi connectivity index (χ1n) is 18.6. The summed E-state index contributed by atoms with van der Waals surface area (Å²) < 4.78 is 33.5. The quantitative estimate of drug-likeness (QED) is 0.353. The normalized spacial score (nSPS) is 26.1. The van der Waals surface area contributed by atoms with Gasteiger partial charge in [-0.25, -0.2) is 13.1 Å². The molecular formula is C41H49N4O5S+. The van der Waals surface area contributed by atoms with Gasteiger partial charge in [0, 0.05) is 53.9 Å². The number of nitrogens with zero attached hydrogens (tertiary/aromatic N) is 2. The number of nitrogens with one attached hydrogen (secondary N) is 2. The number of fused-ring (bicyclic) bond motifs is 7. The molecule has 5 aliphatic rings. The van der Waals surface area contributed by atoms with Crippen molar-refractivity contribution < 1.29 is 27.6 Å². The number of hydrogen-bond acceptors (Lipinski definition) is 6. The SMILES string of the molecule is COc1ccc2c(c1)C1CC1(C(=O)N1CCN(C)CC1c1ccccc1)C[NH+]1C2=C(C2CCCCC2)c2ccc(C(=O)NS(=O)(=O)C(C)C)cc21. The third-order valence-electron chi connectivity index (χ3n) is 12.3. The van der Waals surface area contributed by atoms with E-state index in [0.717, 1.165) is 65.4 Å². The molecule has 2 N–H and O–H groups in total. The molecule has 4 unspecified atom stereocenters. The van der Waals surface area contributed by atoms with E-state index in [9.17, 15) is 13.2 Å². The van der Waals surface area contributed by atoms with E-state index in [4.69, 9.17) is 4.74 Å². The van der Waals surface area contributed by atoms with Gasteiger partial charge in [-0.2, -0.15) is 0 Å². The number of allylic oxidation sites excluding steroid dienone is 1. The van der Waals surface area contributed by atoms with Gasteiger partial charge in [0.05, 0.1) is 18.4 Å². The molecular weight excluding hydrogens is 661 g/mol.